The number of imide groups is 1. The molecule has 2 rings (SSSR count). The molecule has 5 heteroatoms. The van der Waals surface area contributed by atoms with Crippen molar-refractivity contribution in [1.29, 1.82) is 0 Å². The van der Waals surface area contributed by atoms with E-state index in [1.807, 2.05) is 0 Å². The smallest absolute Gasteiger partial charge is 0.327 e. The Bertz CT molecular complexity index is 409. The number of carbonyl (C=O) groups excluding carboxylic acids is 2. The minimum absolute atomic E-state index is 0.100. The normalized spacial score (nSPS) is 23.7. The molecule has 1 aliphatic carbocycles. The Morgan fingerprint density at radius 3 is 2.56 bits per heavy atom. The van der Waals surface area contributed by atoms with Gasteiger partial charge in [0.25, 0.3) is 0 Å². The molecule has 1 saturated heterocycles. The van der Waals surface area contributed by atoms with E-state index in [1.165, 1.54) is 6.08 Å². The van der Waals surface area contributed by atoms with E-state index in [2.05, 4.69) is 6.58 Å². The SMILES string of the molecule is C=CCC(C(=O)O)N1C(=O)CC2(CCCC2)C1=O. The minimum Gasteiger partial charge on any atom is -0.480 e. The van der Waals surface area contributed by atoms with Crippen molar-refractivity contribution >= 4 is 17.8 Å². The Labute approximate surface area is 105 Å². The van der Waals surface area contributed by atoms with Gasteiger partial charge in [-0.3, -0.25) is 14.5 Å². The van der Waals surface area contributed by atoms with E-state index >= 15 is 0 Å². The summed E-state index contributed by atoms with van der Waals surface area (Å²) in [6.07, 6.45) is 4.98. The van der Waals surface area contributed by atoms with Crippen LogP contribution in [-0.2, 0) is 14.4 Å². The van der Waals surface area contributed by atoms with Gasteiger partial charge in [0.1, 0.15) is 6.04 Å². The van der Waals surface area contributed by atoms with Gasteiger partial charge in [-0.25, -0.2) is 4.79 Å². The summed E-state index contributed by atoms with van der Waals surface area (Å²) in [5.74, 6) is -1.79. The molecule has 0 bridgehead atoms. The number of rotatable bonds is 4. The van der Waals surface area contributed by atoms with Gasteiger partial charge in [0.15, 0.2) is 0 Å². The van der Waals surface area contributed by atoms with E-state index in [0.717, 1.165) is 17.7 Å². The molecule has 1 saturated carbocycles. The third kappa shape index (κ3) is 1.83. The molecule has 0 radical (unpaired) electrons. The summed E-state index contributed by atoms with van der Waals surface area (Å²) in [4.78, 5) is 36.5. The zero-order valence-electron chi connectivity index (χ0n) is 10.2. The van der Waals surface area contributed by atoms with Crippen molar-refractivity contribution in [2.24, 2.45) is 5.41 Å². The van der Waals surface area contributed by atoms with Crippen LogP contribution in [0, 0.1) is 5.41 Å². The first-order chi connectivity index (χ1) is 8.52. The van der Waals surface area contributed by atoms with Crippen LogP contribution in [0.5, 0.6) is 0 Å². The molecule has 0 aromatic carbocycles. The minimum atomic E-state index is -1.15. The van der Waals surface area contributed by atoms with Crippen molar-refractivity contribution in [2.75, 3.05) is 0 Å². The van der Waals surface area contributed by atoms with Crippen molar-refractivity contribution < 1.29 is 19.5 Å². The summed E-state index contributed by atoms with van der Waals surface area (Å²) < 4.78 is 0. The summed E-state index contributed by atoms with van der Waals surface area (Å²) in [6.45, 7) is 3.48. The topological polar surface area (TPSA) is 74.7 Å². The largest absolute Gasteiger partial charge is 0.480 e. The number of nitrogens with zero attached hydrogens (tertiary/aromatic N) is 1. The highest BCUT2D eigenvalue weighted by Crippen LogP contribution is 2.47. The highest BCUT2D eigenvalue weighted by Gasteiger charge is 2.55. The maximum atomic E-state index is 12.4. The van der Waals surface area contributed by atoms with Gasteiger partial charge in [0.05, 0.1) is 5.41 Å². The van der Waals surface area contributed by atoms with E-state index in [9.17, 15) is 14.4 Å². The number of aliphatic carboxylic acids is 1. The van der Waals surface area contributed by atoms with E-state index in [0.29, 0.717) is 12.8 Å². The van der Waals surface area contributed by atoms with Crippen LogP contribution in [-0.4, -0.2) is 33.8 Å². The highest BCUT2D eigenvalue weighted by molar-refractivity contribution is 6.08. The fraction of sp³-hybridized carbons (Fsp3) is 0.615. The van der Waals surface area contributed by atoms with Gasteiger partial charge in [-0.15, -0.1) is 6.58 Å². The summed E-state index contributed by atoms with van der Waals surface area (Å²) in [5, 5.41) is 9.14. The van der Waals surface area contributed by atoms with Crippen LogP contribution in [0.1, 0.15) is 38.5 Å². The second-order valence-corrected chi connectivity index (χ2v) is 5.11. The molecule has 1 unspecified atom stereocenters. The Morgan fingerprint density at radius 2 is 2.06 bits per heavy atom. The predicted molar refractivity (Wildman–Crippen MR) is 63.6 cm³/mol. The average molecular weight is 251 g/mol. The van der Waals surface area contributed by atoms with Gasteiger partial charge < -0.3 is 5.11 Å². The van der Waals surface area contributed by atoms with Crippen LogP contribution in [0.15, 0.2) is 12.7 Å². The van der Waals surface area contributed by atoms with Crippen molar-refractivity contribution in [3.8, 4) is 0 Å². The molecule has 5 nitrogen and oxygen atoms in total. The van der Waals surface area contributed by atoms with Crippen molar-refractivity contribution in [3.63, 3.8) is 0 Å². The molecule has 1 aliphatic heterocycles. The zero-order chi connectivity index (χ0) is 13.3. The maximum absolute atomic E-state index is 12.4. The number of likely N-dealkylation sites (tertiary alicyclic amines) is 1. The van der Waals surface area contributed by atoms with E-state index < -0.39 is 17.4 Å². The van der Waals surface area contributed by atoms with Crippen LogP contribution >= 0.6 is 0 Å². The van der Waals surface area contributed by atoms with Crippen LogP contribution in [0.25, 0.3) is 0 Å². The fourth-order valence-electron chi connectivity index (χ4n) is 3.05. The van der Waals surface area contributed by atoms with Crippen LogP contribution in [0.4, 0.5) is 0 Å². The van der Waals surface area contributed by atoms with Crippen molar-refractivity contribution in [1.82, 2.24) is 4.90 Å². The lowest BCUT2D eigenvalue weighted by Gasteiger charge is -2.24. The van der Waals surface area contributed by atoms with Gasteiger partial charge in [0, 0.05) is 6.42 Å². The molecule has 98 valence electrons. The van der Waals surface area contributed by atoms with Crippen molar-refractivity contribution in [3.05, 3.63) is 12.7 Å². The van der Waals surface area contributed by atoms with Crippen molar-refractivity contribution in [2.45, 2.75) is 44.6 Å². The Hall–Kier alpha value is -1.65. The molecule has 2 aliphatic rings. The second kappa shape index (κ2) is 4.55. The van der Waals surface area contributed by atoms with Gasteiger partial charge in [-0.2, -0.15) is 0 Å². The highest BCUT2D eigenvalue weighted by atomic mass is 16.4. The lowest BCUT2D eigenvalue weighted by Crippen LogP contribution is -2.46. The molecular weight excluding hydrogens is 234 g/mol. The Morgan fingerprint density at radius 1 is 1.44 bits per heavy atom. The van der Waals surface area contributed by atoms with Crippen LogP contribution in [0.2, 0.25) is 0 Å². The fourth-order valence-corrected chi connectivity index (χ4v) is 3.05. The molecule has 1 atom stereocenters. The van der Waals surface area contributed by atoms with Crippen LogP contribution in [0.3, 0.4) is 0 Å². The molecule has 0 aromatic rings. The second-order valence-electron chi connectivity index (χ2n) is 5.11. The number of hydrogen-bond acceptors (Lipinski definition) is 3. The number of carboxylic acid groups (broad SMARTS) is 1. The molecule has 18 heavy (non-hydrogen) atoms. The molecule has 1 spiro atoms. The summed E-state index contributed by atoms with van der Waals surface area (Å²) in [7, 11) is 0. The maximum Gasteiger partial charge on any atom is 0.327 e. The first-order valence-corrected chi connectivity index (χ1v) is 6.22. The summed E-state index contributed by atoms with van der Waals surface area (Å²) in [5.41, 5.74) is -0.605. The molecule has 2 amide bonds. The molecule has 0 aromatic heterocycles. The Kier molecular flexibility index (Phi) is 3.24. The average Bonchev–Trinajstić information content (AvgIpc) is 2.85. The van der Waals surface area contributed by atoms with Gasteiger partial charge >= 0.3 is 5.97 Å². The molecule has 1 N–H and O–H groups in total. The van der Waals surface area contributed by atoms with E-state index in [4.69, 9.17) is 5.11 Å². The molecular formula is C13H17NO4. The zero-order valence-corrected chi connectivity index (χ0v) is 10.2. The first-order valence-electron chi connectivity index (χ1n) is 6.22. The lowest BCUT2D eigenvalue weighted by molar-refractivity contribution is -0.155. The predicted octanol–water partition coefficient (Wildman–Crippen LogP) is 1.33. The van der Waals surface area contributed by atoms with Gasteiger partial charge in [0.2, 0.25) is 11.8 Å². The van der Waals surface area contributed by atoms with Gasteiger partial charge in [-0.05, 0) is 19.3 Å². The number of carboxylic acids is 1. The Balaban J connectivity index is 2.27. The monoisotopic (exact) mass is 251 g/mol. The number of carbonyl (C=O) groups is 3. The summed E-state index contributed by atoms with van der Waals surface area (Å²) in [6, 6.07) is -1.09. The van der Waals surface area contributed by atoms with E-state index in [-0.39, 0.29) is 24.7 Å². The molecule has 2 fully saturated rings. The number of amides is 2. The first kappa shape index (κ1) is 12.8. The quantitative estimate of drug-likeness (QED) is 0.604. The summed E-state index contributed by atoms with van der Waals surface area (Å²) >= 11 is 0. The van der Waals surface area contributed by atoms with E-state index in [1.54, 1.807) is 0 Å². The third-order valence-electron chi connectivity index (χ3n) is 3.98. The third-order valence-corrected chi connectivity index (χ3v) is 3.98. The standard InChI is InChI=1S/C13H17NO4/c1-2-5-9(11(16)17)14-10(15)8-13(12(14)18)6-3-4-7-13/h2,9H,1,3-8H2,(H,16,17). The van der Waals surface area contributed by atoms with Gasteiger partial charge in [-0.1, -0.05) is 18.9 Å². The molecule has 1 heterocycles. The van der Waals surface area contributed by atoms with Crippen LogP contribution < -0.4 is 0 Å². The number of hydrogen-bond donors (Lipinski definition) is 1. The lowest BCUT2D eigenvalue weighted by atomic mass is 9.84.